The van der Waals surface area contributed by atoms with Crippen LogP contribution >= 0.6 is 11.6 Å². The maximum Gasteiger partial charge on any atom is 0.235 e. The molecule has 108 valence electrons. The first-order valence-corrected chi connectivity index (χ1v) is 7.41. The second-order valence-corrected chi connectivity index (χ2v) is 5.82. The Morgan fingerprint density at radius 2 is 1.90 bits per heavy atom. The first-order chi connectivity index (χ1) is 10.2. The number of benzene rings is 1. The number of anilines is 1. The first-order valence-electron chi connectivity index (χ1n) is 7.03. The van der Waals surface area contributed by atoms with Gasteiger partial charge >= 0.3 is 0 Å². The van der Waals surface area contributed by atoms with Crippen LogP contribution in [0.2, 0.25) is 5.02 Å². The zero-order valence-corrected chi connectivity index (χ0v) is 12.3. The van der Waals surface area contributed by atoms with Crippen molar-refractivity contribution >= 4 is 23.2 Å². The van der Waals surface area contributed by atoms with Crippen molar-refractivity contribution in [3.63, 3.8) is 0 Å². The van der Waals surface area contributed by atoms with Crippen molar-refractivity contribution in [2.45, 2.75) is 31.1 Å². The maximum atomic E-state index is 12.8. The molecule has 2 aromatic rings. The SMILES string of the molecule is O=C(Nc1cncnc1)C1(c2cccc(Cl)c2)CCCC1. The van der Waals surface area contributed by atoms with Crippen molar-refractivity contribution in [1.29, 1.82) is 0 Å². The molecule has 1 heterocycles. The van der Waals surface area contributed by atoms with Crippen LogP contribution in [0, 0.1) is 0 Å². The Hall–Kier alpha value is -1.94. The molecule has 0 aliphatic heterocycles. The van der Waals surface area contributed by atoms with Gasteiger partial charge in [0.1, 0.15) is 6.33 Å². The summed E-state index contributed by atoms with van der Waals surface area (Å²) >= 11 is 6.10. The van der Waals surface area contributed by atoms with Gasteiger partial charge in [0, 0.05) is 5.02 Å². The number of amides is 1. The van der Waals surface area contributed by atoms with Crippen LogP contribution in [-0.4, -0.2) is 15.9 Å². The van der Waals surface area contributed by atoms with Gasteiger partial charge in [-0.05, 0) is 30.5 Å². The molecule has 0 spiro atoms. The summed E-state index contributed by atoms with van der Waals surface area (Å²) < 4.78 is 0. The fraction of sp³-hybridized carbons (Fsp3) is 0.312. The largest absolute Gasteiger partial charge is 0.323 e. The van der Waals surface area contributed by atoms with E-state index in [1.165, 1.54) is 6.33 Å². The molecule has 1 aliphatic rings. The fourth-order valence-electron chi connectivity index (χ4n) is 3.03. The average molecular weight is 302 g/mol. The molecule has 1 saturated carbocycles. The molecule has 1 fully saturated rings. The summed E-state index contributed by atoms with van der Waals surface area (Å²) in [7, 11) is 0. The van der Waals surface area contributed by atoms with Crippen LogP contribution < -0.4 is 5.32 Å². The summed E-state index contributed by atoms with van der Waals surface area (Å²) in [4.78, 5) is 20.7. The van der Waals surface area contributed by atoms with E-state index in [0.717, 1.165) is 31.2 Å². The van der Waals surface area contributed by atoms with Crippen LogP contribution in [0.3, 0.4) is 0 Å². The van der Waals surface area contributed by atoms with E-state index in [0.29, 0.717) is 10.7 Å². The Bertz CT molecular complexity index is 639. The molecule has 4 nitrogen and oxygen atoms in total. The lowest BCUT2D eigenvalue weighted by atomic mass is 9.78. The highest BCUT2D eigenvalue weighted by Gasteiger charge is 2.42. The third-order valence-corrected chi connectivity index (χ3v) is 4.32. The third-order valence-electron chi connectivity index (χ3n) is 4.09. The lowest BCUT2D eigenvalue weighted by Gasteiger charge is -2.28. The number of carbonyl (C=O) groups excluding carboxylic acids is 1. The van der Waals surface area contributed by atoms with E-state index in [2.05, 4.69) is 15.3 Å². The summed E-state index contributed by atoms with van der Waals surface area (Å²) in [5.74, 6) is -0.00272. The standard InChI is InChI=1S/C16H16ClN3O/c17-13-5-3-4-12(8-13)16(6-1-2-7-16)15(21)20-14-9-18-11-19-10-14/h3-5,8-11H,1-2,6-7H2,(H,20,21). The summed E-state index contributed by atoms with van der Waals surface area (Å²) in [5.41, 5.74) is 1.11. The summed E-state index contributed by atoms with van der Waals surface area (Å²) in [6.07, 6.45) is 8.42. The van der Waals surface area contributed by atoms with Crippen molar-refractivity contribution in [3.05, 3.63) is 53.6 Å². The third kappa shape index (κ3) is 2.76. The zero-order valence-electron chi connectivity index (χ0n) is 11.6. The number of hydrogen-bond acceptors (Lipinski definition) is 3. The van der Waals surface area contributed by atoms with Crippen molar-refractivity contribution in [2.24, 2.45) is 0 Å². The molecule has 1 aromatic carbocycles. The fourth-order valence-corrected chi connectivity index (χ4v) is 3.22. The van der Waals surface area contributed by atoms with Crippen LogP contribution in [-0.2, 0) is 10.2 Å². The predicted octanol–water partition coefficient (Wildman–Crippen LogP) is 3.58. The smallest absolute Gasteiger partial charge is 0.235 e. The zero-order chi connectivity index (χ0) is 14.7. The second kappa shape index (κ2) is 5.82. The van der Waals surface area contributed by atoms with Gasteiger partial charge < -0.3 is 5.32 Å². The van der Waals surface area contributed by atoms with Gasteiger partial charge in [-0.15, -0.1) is 0 Å². The molecule has 0 bridgehead atoms. The molecule has 0 unspecified atom stereocenters. The van der Waals surface area contributed by atoms with E-state index in [4.69, 9.17) is 11.6 Å². The second-order valence-electron chi connectivity index (χ2n) is 5.38. The van der Waals surface area contributed by atoms with Gasteiger partial charge in [-0.3, -0.25) is 4.79 Å². The Balaban J connectivity index is 1.92. The number of rotatable bonds is 3. The Labute approximate surface area is 128 Å². The van der Waals surface area contributed by atoms with E-state index >= 15 is 0 Å². The molecule has 1 aliphatic carbocycles. The molecule has 0 atom stereocenters. The minimum Gasteiger partial charge on any atom is -0.323 e. The van der Waals surface area contributed by atoms with Gasteiger partial charge in [0.25, 0.3) is 0 Å². The summed E-state index contributed by atoms with van der Waals surface area (Å²) in [6, 6.07) is 7.61. The van der Waals surface area contributed by atoms with Gasteiger partial charge in [0.15, 0.2) is 0 Å². The van der Waals surface area contributed by atoms with E-state index in [-0.39, 0.29) is 5.91 Å². The van der Waals surface area contributed by atoms with Crippen LogP contribution in [0.5, 0.6) is 0 Å². The van der Waals surface area contributed by atoms with E-state index in [1.54, 1.807) is 12.4 Å². The molecular formula is C16H16ClN3O. The highest BCUT2D eigenvalue weighted by molar-refractivity contribution is 6.30. The number of nitrogens with one attached hydrogen (secondary N) is 1. The minimum absolute atomic E-state index is 0.00272. The normalized spacial score (nSPS) is 16.6. The Kier molecular flexibility index (Phi) is 3.88. The Morgan fingerprint density at radius 3 is 2.57 bits per heavy atom. The number of aromatic nitrogens is 2. The van der Waals surface area contributed by atoms with E-state index in [1.807, 2.05) is 24.3 Å². The van der Waals surface area contributed by atoms with Crippen LogP contribution in [0.4, 0.5) is 5.69 Å². The predicted molar refractivity (Wildman–Crippen MR) is 82.3 cm³/mol. The van der Waals surface area contributed by atoms with Crippen molar-refractivity contribution in [3.8, 4) is 0 Å². The first kappa shape index (κ1) is 14.0. The molecule has 21 heavy (non-hydrogen) atoms. The Morgan fingerprint density at radius 1 is 1.19 bits per heavy atom. The van der Waals surface area contributed by atoms with Crippen molar-refractivity contribution in [2.75, 3.05) is 5.32 Å². The van der Waals surface area contributed by atoms with Gasteiger partial charge in [0.05, 0.1) is 23.5 Å². The lowest BCUT2D eigenvalue weighted by Crippen LogP contribution is -2.38. The number of nitrogens with zero attached hydrogens (tertiary/aromatic N) is 2. The van der Waals surface area contributed by atoms with Crippen LogP contribution in [0.15, 0.2) is 43.0 Å². The lowest BCUT2D eigenvalue weighted by molar-refractivity contribution is -0.121. The van der Waals surface area contributed by atoms with Gasteiger partial charge in [-0.1, -0.05) is 36.6 Å². The summed E-state index contributed by atoms with van der Waals surface area (Å²) in [6.45, 7) is 0. The number of hydrogen-bond donors (Lipinski definition) is 1. The van der Waals surface area contributed by atoms with Gasteiger partial charge in [-0.2, -0.15) is 0 Å². The van der Waals surface area contributed by atoms with Gasteiger partial charge in [0.2, 0.25) is 5.91 Å². The topological polar surface area (TPSA) is 54.9 Å². The molecule has 1 amide bonds. The summed E-state index contributed by atoms with van der Waals surface area (Å²) in [5, 5.41) is 3.60. The van der Waals surface area contributed by atoms with Crippen LogP contribution in [0.25, 0.3) is 0 Å². The highest BCUT2D eigenvalue weighted by Crippen LogP contribution is 2.42. The minimum atomic E-state index is -0.499. The molecule has 0 radical (unpaired) electrons. The van der Waals surface area contributed by atoms with Crippen molar-refractivity contribution < 1.29 is 4.79 Å². The van der Waals surface area contributed by atoms with Gasteiger partial charge in [-0.25, -0.2) is 9.97 Å². The maximum absolute atomic E-state index is 12.8. The molecule has 5 heteroatoms. The quantitative estimate of drug-likeness (QED) is 0.942. The number of halogens is 1. The van der Waals surface area contributed by atoms with E-state index in [9.17, 15) is 4.79 Å². The van der Waals surface area contributed by atoms with Crippen LogP contribution in [0.1, 0.15) is 31.2 Å². The monoisotopic (exact) mass is 301 g/mol. The molecule has 0 saturated heterocycles. The number of carbonyl (C=O) groups is 1. The molecule has 1 N–H and O–H groups in total. The molecular weight excluding hydrogens is 286 g/mol. The molecule has 3 rings (SSSR count). The van der Waals surface area contributed by atoms with E-state index < -0.39 is 5.41 Å². The average Bonchev–Trinajstić information content (AvgIpc) is 2.99. The highest BCUT2D eigenvalue weighted by atomic mass is 35.5. The van der Waals surface area contributed by atoms with Crippen molar-refractivity contribution in [1.82, 2.24) is 9.97 Å². The molecule has 1 aromatic heterocycles.